The molecular weight excluding hydrogens is 476 g/mol. The molecule has 3 aromatic carbocycles. The minimum absolute atomic E-state index is 0.0669. The Morgan fingerprint density at radius 3 is 2.24 bits per heavy atom. The number of hydrogen-bond donors (Lipinski definition) is 0. The fourth-order valence-electron chi connectivity index (χ4n) is 3.56. The standard InChI is InChI=1S/C25H23ClN2O3S2/c1-27(16-18-6-4-3-5-7-18)25(29)24-15-20-14-22(12-13-23(20)32-24)28(33(2,30)31)17-19-8-10-21(26)11-9-19/h3-15H,16-17H2,1-2H3. The molecule has 0 aliphatic carbocycles. The summed E-state index contributed by atoms with van der Waals surface area (Å²) in [6.45, 7) is 0.708. The molecule has 33 heavy (non-hydrogen) atoms. The quantitative estimate of drug-likeness (QED) is 0.324. The summed E-state index contributed by atoms with van der Waals surface area (Å²) < 4.78 is 27.4. The molecule has 0 aliphatic rings. The lowest BCUT2D eigenvalue weighted by atomic mass is 10.2. The molecule has 4 aromatic rings. The van der Waals surface area contributed by atoms with Gasteiger partial charge in [-0.25, -0.2) is 8.42 Å². The Hall–Kier alpha value is -2.87. The van der Waals surface area contributed by atoms with E-state index in [1.54, 1.807) is 30.1 Å². The zero-order valence-corrected chi connectivity index (χ0v) is 20.6. The molecule has 0 fully saturated rings. The first-order chi connectivity index (χ1) is 15.7. The van der Waals surface area contributed by atoms with Gasteiger partial charge in [-0.05, 0) is 52.9 Å². The van der Waals surface area contributed by atoms with Crippen molar-refractivity contribution < 1.29 is 13.2 Å². The number of hydrogen-bond acceptors (Lipinski definition) is 4. The van der Waals surface area contributed by atoms with E-state index in [-0.39, 0.29) is 12.5 Å². The number of carbonyl (C=O) groups excluding carboxylic acids is 1. The first-order valence-corrected chi connectivity index (χ1v) is 13.3. The average Bonchev–Trinajstić information content (AvgIpc) is 3.21. The second-order valence-electron chi connectivity index (χ2n) is 7.88. The van der Waals surface area contributed by atoms with Crippen LogP contribution in [0.15, 0.2) is 78.9 Å². The van der Waals surface area contributed by atoms with Crippen molar-refractivity contribution in [2.75, 3.05) is 17.6 Å². The molecule has 0 atom stereocenters. The SMILES string of the molecule is CN(Cc1ccccc1)C(=O)c1cc2cc(N(Cc3ccc(Cl)cc3)S(C)(=O)=O)ccc2s1. The van der Waals surface area contributed by atoms with E-state index in [1.807, 2.05) is 60.7 Å². The normalized spacial score (nSPS) is 11.5. The van der Waals surface area contributed by atoms with Crippen molar-refractivity contribution >= 4 is 54.6 Å². The molecule has 0 saturated heterocycles. The van der Waals surface area contributed by atoms with Gasteiger partial charge in [-0.15, -0.1) is 11.3 Å². The third-order valence-electron chi connectivity index (χ3n) is 5.25. The van der Waals surface area contributed by atoms with Crippen molar-refractivity contribution in [2.45, 2.75) is 13.1 Å². The summed E-state index contributed by atoms with van der Waals surface area (Å²) in [5, 5.41) is 1.43. The van der Waals surface area contributed by atoms with E-state index in [9.17, 15) is 13.2 Å². The van der Waals surface area contributed by atoms with Gasteiger partial charge in [0.05, 0.1) is 23.4 Å². The first kappa shape index (κ1) is 23.3. The summed E-state index contributed by atoms with van der Waals surface area (Å²) in [7, 11) is -1.74. The molecule has 170 valence electrons. The van der Waals surface area contributed by atoms with Crippen molar-refractivity contribution in [3.63, 3.8) is 0 Å². The molecule has 1 amide bonds. The summed E-state index contributed by atoms with van der Waals surface area (Å²) >= 11 is 7.36. The number of fused-ring (bicyclic) bond motifs is 1. The van der Waals surface area contributed by atoms with E-state index in [0.29, 0.717) is 22.1 Å². The van der Waals surface area contributed by atoms with Crippen LogP contribution in [0.4, 0.5) is 5.69 Å². The van der Waals surface area contributed by atoms with Gasteiger partial charge in [0.2, 0.25) is 10.0 Å². The van der Waals surface area contributed by atoms with Gasteiger partial charge in [-0.2, -0.15) is 0 Å². The van der Waals surface area contributed by atoms with Crippen LogP contribution < -0.4 is 4.31 Å². The molecular formula is C25H23ClN2O3S2. The zero-order valence-electron chi connectivity index (χ0n) is 18.2. The van der Waals surface area contributed by atoms with Gasteiger partial charge in [-0.3, -0.25) is 9.10 Å². The molecule has 0 radical (unpaired) electrons. The Morgan fingerprint density at radius 2 is 1.58 bits per heavy atom. The highest BCUT2D eigenvalue weighted by atomic mass is 35.5. The first-order valence-electron chi connectivity index (χ1n) is 10.3. The van der Waals surface area contributed by atoms with Crippen molar-refractivity contribution in [1.82, 2.24) is 4.90 Å². The molecule has 0 unspecified atom stereocenters. The molecule has 0 aliphatic heterocycles. The van der Waals surface area contributed by atoms with Crippen molar-refractivity contribution in [3.05, 3.63) is 99.9 Å². The molecule has 0 bridgehead atoms. The van der Waals surface area contributed by atoms with Crippen molar-refractivity contribution in [2.24, 2.45) is 0 Å². The van der Waals surface area contributed by atoms with Gasteiger partial charge < -0.3 is 4.90 Å². The maximum Gasteiger partial charge on any atom is 0.264 e. The Balaban J connectivity index is 1.60. The molecule has 5 nitrogen and oxygen atoms in total. The zero-order chi connectivity index (χ0) is 23.6. The number of rotatable bonds is 7. The maximum absolute atomic E-state index is 13.0. The van der Waals surface area contributed by atoms with Gasteiger partial charge in [-0.1, -0.05) is 54.1 Å². The number of carbonyl (C=O) groups is 1. The highest BCUT2D eigenvalue weighted by Crippen LogP contribution is 2.32. The highest BCUT2D eigenvalue weighted by Gasteiger charge is 2.20. The van der Waals surface area contributed by atoms with Crippen LogP contribution in [0.3, 0.4) is 0 Å². The largest absolute Gasteiger partial charge is 0.337 e. The van der Waals surface area contributed by atoms with Crippen molar-refractivity contribution in [1.29, 1.82) is 0 Å². The monoisotopic (exact) mass is 498 g/mol. The molecule has 0 saturated carbocycles. The number of benzene rings is 3. The van der Waals surface area contributed by atoms with Gasteiger partial charge in [0.1, 0.15) is 0 Å². The summed E-state index contributed by atoms with van der Waals surface area (Å²) in [6.07, 6.45) is 1.19. The average molecular weight is 499 g/mol. The molecule has 1 heterocycles. The summed E-state index contributed by atoms with van der Waals surface area (Å²) in [5.74, 6) is -0.0669. The van der Waals surface area contributed by atoms with Crippen LogP contribution in [0, 0.1) is 0 Å². The molecule has 8 heteroatoms. The van der Waals surface area contributed by atoms with E-state index >= 15 is 0 Å². The summed E-state index contributed by atoms with van der Waals surface area (Å²) in [4.78, 5) is 15.3. The fourth-order valence-corrected chi connectivity index (χ4v) is 5.61. The number of amides is 1. The van der Waals surface area contributed by atoms with E-state index in [2.05, 4.69) is 0 Å². The van der Waals surface area contributed by atoms with E-state index in [1.165, 1.54) is 21.9 Å². The molecule has 1 aromatic heterocycles. The van der Waals surface area contributed by atoms with Gasteiger partial charge in [0.15, 0.2) is 0 Å². The smallest absolute Gasteiger partial charge is 0.264 e. The number of nitrogens with zero attached hydrogens (tertiary/aromatic N) is 2. The van der Waals surface area contributed by atoms with E-state index in [4.69, 9.17) is 11.6 Å². The third-order valence-corrected chi connectivity index (χ3v) is 7.74. The van der Waals surface area contributed by atoms with Crippen LogP contribution in [-0.2, 0) is 23.1 Å². The Labute approximate surface area is 202 Å². The van der Waals surface area contributed by atoms with Crippen LogP contribution in [0.2, 0.25) is 5.02 Å². The topological polar surface area (TPSA) is 57.7 Å². The van der Waals surface area contributed by atoms with Crippen LogP contribution in [0.25, 0.3) is 10.1 Å². The predicted octanol–water partition coefficient (Wildman–Crippen LogP) is 5.79. The Kier molecular flexibility index (Phi) is 6.74. The van der Waals surface area contributed by atoms with Crippen LogP contribution in [0.1, 0.15) is 20.8 Å². The molecule has 4 rings (SSSR count). The Morgan fingerprint density at radius 1 is 0.909 bits per heavy atom. The minimum Gasteiger partial charge on any atom is -0.337 e. The van der Waals surface area contributed by atoms with Crippen LogP contribution >= 0.6 is 22.9 Å². The Bertz CT molecular complexity index is 1380. The predicted molar refractivity (Wildman–Crippen MR) is 137 cm³/mol. The number of anilines is 1. The van der Waals surface area contributed by atoms with Gasteiger partial charge in [0.25, 0.3) is 5.91 Å². The lowest BCUT2D eigenvalue weighted by Gasteiger charge is -2.22. The molecule has 0 spiro atoms. The van der Waals surface area contributed by atoms with Crippen LogP contribution in [0.5, 0.6) is 0 Å². The van der Waals surface area contributed by atoms with E-state index < -0.39 is 10.0 Å². The lowest BCUT2D eigenvalue weighted by Crippen LogP contribution is -2.29. The third kappa shape index (κ3) is 5.55. The fraction of sp³-hybridized carbons (Fsp3) is 0.160. The molecule has 0 N–H and O–H groups in total. The summed E-state index contributed by atoms with van der Waals surface area (Å²) in [5.41, 5.74) is 2.44. The number of sulfonamides is 1. The second-order valence-corrected chi connectivity index (χ2v) is 11.3. The second kappa shape index (κ2) is 9.55. The number of thiophene rings is 1. The summed E-state index contributed by atoms with van der Waals surface area (Å²) in [6, 6.07) is 24.2. The number of halogens is 1. The highest BCUT2D eigenvalue weighted by molar-refractivity contribution is 7.92. The van der Waals surface area contributed by atoms with Crippen LogP contribution in [-0.4, -0.2) is 32.5 Å². The lowest BCUT2D eigenvalue weighted by molar-refractivity contribution is 0.0790. The van der Waals surface area contributed by atoms with Crippen molar-refractivity contribution in [3.8, 4) is 0 Å². The van der Waals surface area contributed by atoms with Gasteiger partial charge >= 0.3 is 0 Å². The maximum atomic E-state index is 13.0. The van der Waals surface area contributed by atoms with Gasteiger partial charge in [0, 0.05) is 23.3 Å². The minimum atomic E-state index is -3.52. The van der Waals surface area contributed by atoms with E-state index in [0.717, 1.165) is 21.2 Å².